The molecule has 2 aromatic carbocycles. The Morgan fingerprint density at radius 1 is 1.08 bits per heavy atom. The molecule has 0 amide bonds. The highest BCUT2D eigenvalue weighted by Gasteiger charge is 2.33. The van der Waals surface area contributed by atoms with Crippen LogP contribution in [0.4, 0.5) is 13.2 Å². The number of benzene rings is 2. The van der Waals surface area contributed by atoms with Gasteiger partial charge >= 0.3 is 12.3 Å². The zero-order valence-corrected chi connectivity index (χ0v) is 21.6. The van der Waals surface area contributed by atoms with E-state index in [9.17, 15) is 18.0 Å². The number of carbonyl (C=O) groups is 1. The lowest BCUT2D eigenvalue weighted by molar-refractivity contribution is -0.274. The quantitative estimate of drug-likeness (QED) is 0.293. The molecule has 38 heavy (non-hydrogen) atoms. The molecular weight excluding hydrogens is 527 g/mol. The van der Waals surface area contributed by atoms with Gasteiger partial charge in [0, 0.05) is 5.02 Å². The maximum Gasteiger partial charge on any atom is 0.573 e. The largest absolute Gasteiger partial charge is 0.573 e. The average molecular weight is 554 g/mol. The lowest BCUT2D eigenvalue weighted by Crippen LogP contribution is -2.26. The highest BCUT2D eigenvalue weighted by Crippen LogP contribution is 2.40. The number of halogens is 4. The van der Waals surface area contributed by atoms with Gasteiger partial charge in [-0.05, 0) is 80.0 Å². The van der Waals surface area contributed by atoms with Crippen LogP contribution in [0.25, 0.3) is 0 Å². The number of ether oxygens (including phenoxy) is 4. The van der Waals surface area contributed by atoms with Crippen LogP contribution < -0.4 is 14.2 Å². The molecule has 1 aromatic heterocycles. The molecule has 1 saturated carbocycles. The van der Waals surface area contributed by atoms with E-state index in [1.807, 2.05) is 24.3 Å². The van der Waals surface area contributed by atoms with Gasteiger partial charge in [-0.1, -0.05) is 28.9 Å². The Kier molecular flexibility index (Phi) is 8.65. The molecule has 0 bridgehead atoms. The lowest BCUT2D eigenvalue weighted by atomic mass is 9.82. The molecule has 1 aliphatic rings. The summed E-state index contributed by atoms with van der Waals surface area (Å²) in [5.41, 5.74) is 1.49. The predicted molar refractivity (Wildman–Crippen MR) is 132 cm³/mol. The fourth-order valence-corrected chi connectivity index (χ4v) is 4.71. The summed E-state index contributed by atoms with van der Waals surface area (Å²) < 4.78 is 60.1. The summed E-state index contributed by atoms with van der Waals surface area (Å²) in [5, 5.41) is 8.52. The highest BCUT2D eigenvalue weighted by atomic mass is 35.5. The summed E-state index contributed by atoms with van der Waals surface area (Å²) >= 11 is 6.31. The van der Waals surface area contributed by atoms with Crippen LogP contribution in [0, 0.1) is 0 Å². The summed E-state index contributed by atoms with van der Waals surface area (Å²) in [6.07, 6.45) is -2.64. The van der Waals surface area contributed by atoms with Gasteiger partial charge in [0.2, 0.25) is 11.6 Å². The highest BCUT2D eigenvalue weighted by molar-refractivity contribution is 6.31. The number of carbonyl (C=O) groups excluding carboxylic acids is 1. The van der Waals surface area contributed by atoms with Crippen LogP contribution in [0.3, 0.4) is 0 Å². The van der Waals surface area contributed by atoms with Crippen molar-refractivity contribution >= 4 is 17.6 Å². The monoisotopic (exact) mass is 553 g/mol. The number of hydrogen-bond acceptors (Lipinski definition) is 7. The Labute approximate surface area is 222 Å². The molecule has 1 heterocycles. The van der Waals surface area contributed by atoms with Gasteiger partial charge in [0.15, 0.2) is 0 Å². The SMILES string of the molecule is CCOC(=O)c1nnn(Cc2ccc(OC)cc2)c1OC1CCC(c2cc(OC(F)(F)F)ccc2Cl)CC1. The first kappa shape index (κ1) is 27.6. The number of methoxy groups -OCH3 is 1. The molecule has 0 saturated heterocycles. The standard InChI is InChI=1S/C26H27ClF3N3O5/c1-3-36-25(34)23-24(33(32-31-23)15-16-4-8-18(35-2)9-5-16)37-19-10-6-17(7-11-19)21-14-20(12-13-22(21)27)38-26(28,29)30/h4-5,8-9,12-14,17,19H,3,6-7,10-11,15H2,1-2H3. The fraction of sp³-hybridized carbons (Fsp3) is 0.423. The maximum absolute atomic E-state index is 12.7. The Morgan fingerprint density at radius 3 is 2.39 bits per heavy atom. The molecule has 4 rings (SSSR count). The third-order valence-corrected chi connectivity index (χ3v) is 6.59. The van der Waals surface area contributed by atoms with Crippen molar-refractivity contribution in [2.24, 2.45) is 0 Å². The van der Waals surface area contributed by atoms with Gasteiger partial charge < -0.3 is 18.9 Å². The van der Waals surface area contributed by atoms with E-state index in [4.69, 9.17) is 25.8 Å². The van der Waals surface area contributed by atoms with Crippen molar-refractivity contribution in [3.8, 4) is 17.4 Å². The molecule has 12 heteroatoms. The zero-order valence-electron chi connectivity index (χ0n) is 20.8. The smallest absolute Gasteiger partial charge is 0.497 e. The predicted octanol–water partition coefficient (Wildman–Crippen LogP) is 6.17. The second kappa shape index (κ2) is 11.9. The molecule has 1 fully saturated rings. The summed E-state index contributed by atoms with van der Waals surface area (Å²) in [7, 11) is 1.58. The van der Waals surface area contributed by atoms with E-state index in [0.29, 0.717) is 48.6 Å². The van der Waals surface area contributed by atoms with Crippen molar-refractivity contribution in [3.63, 3.8) is 0 Å². The third-order valence-electron chi connectivity index (χ3n) is 6.24. The summed E-state index contributed by atoms with van der Waals surface area (Å²) in [6, 6.07) is 11.3. The van der Waals surface area contributed by atoms with E-state index >= 15 is 0 Å². The fourth-order valence-electron chi connectivity index (χ4n) is 4.44. The van der Waals surface area contributed by atoms with Crippen LogP contribution in [0.5, 0.6) is 17.4 Å². The van der Waals surface area contributed by atoms with E-state index in [1.54, 1.807) is 14.0 Å². The number of esters is 1. The molecule has 8 nitrogen and oxygen atoms in total. The van der Waals surface area contributed by atoms with Gasteiger partial charge in [0.25, 0.3) is 0 Å². The molecule has 0 atom stereocenters. The van der Waals surface area contributed by atoms with Crippen LogP contribution >= 0.6 is 11.6 Å². The normalized spacial score (nSPS) is 17.6. The Bertz CT molecular complexity index is 1240. The summed E-state index contributed by atoms with van der Waals surface area (Å²) in [6.45, 7) is 2.18. The third kappa shape index (κ3) is 6.89. The molecular formula is C26H27ClF3N3O5. The molecule has 0 radical (unpaired) electrons. The van der Waals surface area contributed by atoms with Crippen LogP contribution in [0.15, 0.2) is 42.5 Å². The zero-order chi connectivity index (χ0) is 27.3. The van der Waals surface area contributed by atoms with Gasteiger partial charge in [-0.25, -0.2) is 9.48 Å². The molecule has 204 valence electrons. The Hall–Kier alpha value is -3.47. The van der Waals surface area contributed by atoms with E-state index in [-0.39, 0.29) is 36.0 Å². The molecule has 0 spiro atoms. The minimum absolute atomic E-state index is 0.0115. The van der Waals surface area contributed by atoms with Crippen molar-refractivity contribution in [2.75, 3.05) is 13.7 Å². The first-order valence-electron chi connectivity index (χ1n) is 12.1. The van der Waals surface area contributed by atoms with Gasteiger partial charge in [-0.3, -0.25) is 0 Å². The first-order chi connectivity index (χ1) is 18.2. The van der Waals surface area contributed by atoms with Crippen LogP contribution in [0.2, 0.25) is 5.02 Å². The topological polar surface area (TPSA) is 84.7 Å². The van der Waals surface area contributed by atoms with Crippen molar-refractivity contribution in [3.05, 3.63) is 64.3 Å². The number of hydrogen-bond donors (Lipinski definition) is 0. The molecule has 0 unspecified atom stereocenters. The van der Waals surface area contributed by atoms with E-state index < -0.39 is 12.3 Å². The second-order valence-corrected chi connectivity index (χ2v) is 9.20. The maximum atomic E-state index is 12.7. The van der Waals surface area contributed by atoms with Crippen molar-refractivity contribution in [1.29, 1.82) is 0 Å². The Morgan fingerprint density at radius 2 is 1.76 bits per heavy atom. The number of rotatable bonds is 9. The van der Waals surface area contributed by atoms with Gasteiger partial charge in [0.1, 0.15) is 17.6 Å². The van der Waals surface area contributed by atoms with Crippen LogP contribution in [0.1, 0.15) is 60.1 Å². The van der Waals surface area contributed by atoms with Gasteiger partial charge in [-0.2, -0.15) is 0 Å². The summed E-state index contributed by atoms with van der Waals surface area (Å²) in [4.78, 5) is 12.5. The lowest BCUT2D eigenvalue weighted by Gasteiger charge is -2.30. The van der Waals surface area contributed by atoms with Gasteiger partial charge in [0.05, 0.1) is 20.3 Å². The minimum atomic E-state index is -4.78. The Balaban J connectivity index is 1.48. The van der Waals surface area contributed by atoms with E-state index in [1.165, 1.54) is 22.9 Å². The van der Waals surface area contributed by atoms with Crippen LogP contribution in [-0.2, 0) is 11.3 Å². The second-order valence-electron chi connectivity index (χ2n) is 8.79. The first-order valence-corrected chi connectivity index (χ1v) is 12.5. The van der Waals surface area contributed by atoms with E-state index in [2.05, 4.69) is 15.0 Å². The molecule has 0 N–H and O–H groups in total. The van der Waals surface area contributed by atoms with Crippen molar-refractivity contribution < 1.29 is 36.9 Å². The van der Waals surface area contributed by atoms with Crippen molar-refractivity contribution in [1.82, 2.24) is 15.0 Å². The van der Waals surface area contributed by atoms with Crippen molar-refractivity contribution in [2.45, 2.75) is 57.5 Å². The minimum Gasteiger partial charge on any atom is -0.497 e. The van der Waals surface area contributed by atoms with Gasteiger partial charge in [-0.15, -0.1) is 18.3 Å². The average Bonchev–Trinajstić information content (AvgIpc) is 3.27. The number of nitrogens with zero attached hydrogens (tertiary/aromatic N) is 3. The number of alkyl halides is 3. The molecule has 3 aromatic rings. The van der Waals surface area contributed by atoms with E-state index in [0.717, 1.165) is 5.56 Å². The summed E-state index contributed by atoms with van der Waals surface area (Å²) in [5.74, 6) is -0.0796. The van der Waals surface area contributed by atoms with Crippen LogP contribution in [-0.4, -0.2) is 47.1 Å². The molecule has 1 aliphatic carbocycles. The molecule has 0 aliphatic heterocycles. The number of aromatic nitrogens is 3.